The largest absolute Gasteiger partial charge is 0.481 e. The number of aliphatic carboxylic acids is 1. The molecule has 168 valence electrons. The van der Waals surface area contributed by atoms with Gasteiger partial charge in [0.1, 0.15) is 5.69 Å². The fraction of sp³-hybridized carbons (Fsp3) is 0.538. The van der Waals surface area contributed by atoms with Gasteiger partial charge < -0.3 is 10.8 Å². The van der Waals surface area contributed by atoms with Gasteiger partial charge >= 0.3 is 5.97 Å². The summed E-state index contributed by atoms with van der Waals surface area (Å²) in [6, 6.07) is 8.53. The lowest BCUT2D eigenvalue weighted by atomic mass is 9.58. The molecule has 3 saturated carbocycles. The molecule has 1 aromatic carbocycles. The van der Waals surface area contributed by atoms with Gasteiger partial charge in [-0.15, -0.1) is 0 Å². The Balaban J connectivity index is 1.50. The van der Waals surface area contributed by atoms with E-state index < -0.39 is 11.9 Å². The third-order valence-electron chi connectivity index (χ3n) is 8.44. The number of carbonyl (C=O) groups is 2. The van der Waals surface area contributed by atoms with Crippen molar-refractivity contribution < 1.29 is 14.7 Å². The molecule has 1 amide bonds. The maximum absolute atomic E-state index is 11.7. The summed E-state index contributed by atoms with van der Waals surface area (Å²) in [5, 5.41) is 9.64. The monoisotopic (exact) mass is 433 g/mol. The molecular weight excluding hydrogens is 402 g/mol. The molecular formula is C26H31N3O3. The van der Waals surface area contributed by atoms with E-state index in [1.165, 1.54) is 24.8 Å². The van der Waals surface area contributed by atoms with Crippen LogP contribution in [0.4, 0.5) is 0 Å². The Hall–Kier alpha value is -2.76. The molecule has 1 heterocycles. The highest BCUT2D eigenvalue weighted by Crippen LogP contribution is 2.65. The fourth-order valence-electron chi connectivity index (χ4n) is 7.42. The SMILES string of the molecule is Cc1nc(C)c(-c2ccc(C34CC5CCCC(CC(=O)O)(CC5C3)C4)cc2)nc1C(N)=O. The highest BCUT2D eigenvalue weighted by atomic mass is 16.4. The average molecular weight is 434 g/mol. The third kappa shape index (κ3) is 3.40. The Labute approximate surface area is 188 Å². The van der Waals surface area contributed by atoms with Crippen LogP contribution in [0.5, 0.6) is 0 Å². The summed E-state index contributed by atoms with van der Waals surface area (Å²) < 4.78 is 0. The Bertz CT molecular complexity index is 1100. The van der Waals surface area contributed by atoms with Gasteiger partial charge in [-0.05, 0) is 74.2 Å². The molecule has 4 unspecified atom stereocenters. The van der Waals surface area contributed by atoms with Crippen LogP contribution in [0.2, 0.25) is 0 Å². The quantitative estimate of drug-likeness (QED) is 0.719. The number of carboxylic acid groups (broad SMARTS) is 1. The van der Waals surface area contributed by atoms with Gasteiger partial charge in [-0.3, -0.25) is 14.6 Å². The van der Waals surface area contributed by atoms with Gasteiger partial charge in [0.2, 0.25) is 0 Å². The van der Waals surface area contributed by atoms with Crippen molar-refractivity contribution in [2.45, 2.75) is 70.6 Å². The molecule has 0 radical (unpaired) electrons. The molecule has 3 aliphatic carbocycles. The maximum Gasteiger partial charge on any atom is 0.303 e. The zero-order chi connectivity index (χ0) is 22.7. The van der Waals surface area contributed by atoms with E-state index in [2.05, 4.69) is 34.2 Å². The number of carboxylic acids is 1. The van der Waals surface area contributed by atoms with Gasteiger partial charge in [0.25, 0.3) is 5.91 Å². The molecule has 6 heteroatoms. The second kappa shape index (κ2) is 7.39. The van der Waals surface area contributed by atoms with Crippen LogP contribution in [-0.2, 0) is 10.2 Å². The molecule has 0 aliphatic heterocycles. The first-order valence-corrected chi connectivity index (χ1v) is 11.7. The van der Waals surface area contributed by atoms with Crippen LogP contribution in [0.1, 0.15) is 78.8 Å². The standard InChI is InChI=1S/C26H31N3O3/c1-15-22(29-23(24(27)32)16(2)28-15)17-5-7-20(8-6-17)26-11-18-4-3-9-25(14-26,13-21(30)31)10-19(18)12-26/h5-8,18-19H,3-4,9-14H2,1-2H3,(H2,27,32)(H,30,31). The number of amides is 1. The molecule has 3 N–H and O–H groups in total. The van der Waals surface area contributed by atoms with Gasteiger partial charge in [0, 0.05) is 5.56 Å². The molecule has 3 bridgehead atoms. The molecule has 6 nitrogen and oxygen atoms in total. The highest BCUT2D eigenvalue weighted by Gasteiger charge is 2.57. The van der Waals surface area contributed by atoms with Gasteiger partial charge in [-0.2, -0.15) is 0 Å². The predicted molar refractivity (Wildman–Crippen MR) is 121 cm³/mol. The van der Waals surface area contributed by atoms with E-state index in [9.17, 15) is 14.7 Å². The minimum atomic E-state index is -0.658. The summed E-state index contributed by atoms with van der Waals surface area (Å²) in [4.78, 5) is 32.5. The smallest absolute Gasteiger partial charge is 0.303 e. The lowest BCUT2D eigenvalue weighted by Crippen LogP contribution is -2.39. The Morgan fingerprint density at radius 1 is 1.06 bits per heavy atom. The number of hydrogen-bond donors (Lipinski definition) is 2. The van der Waals surface area contributed by atoms with Crippen molar-refractivity contribution in [1.29, 1.82) is 0 Å². The zero-order valence-electron chi connectivity index (χ0n) is 18.9. The van der Waals surface area contributed by atoms with Crippen LogP contribution in [-0.4, -0.2) is 27.0 Å². The van der Waals surface area contributed by atoms with Gasteiger partial charge in [-0.1, -0.05) is 37.1 Å². The van der Waals surface area contributed by atoms with E-state index in [1.54, 1.807) is 6.92 Å². The van der Waals surface area contributed by atoms with Crippen molar-refractivity contribution >= 4 is 11.9 Å². The van der Waals surface area contributed by atoms with Crippen LogP contribution in [0.3, 0.4) is 0 Å². The summed E-state index contributed by atoms with van der Waals surface area (Å²) in [7, 11) is 0. The summed E-state index contributed by atoms with van der Waals surface area (Å²) in [5.41, 5.74) is 9.94. The number of hydrogen-bond acceptors (Lipinski definition) is 4. The predicted octanol–water partition coefficient (Wildman–Crippen LogP) is 4.56. The lowest BCUT2D eigenvalue weighted by Gasteiger charge is -2.46. The molecule has 1 aromatic heterocycles. The zero-order valence-corrected chi connectivity index (χ0v) is 18.9. The van der Waals surface area contributed by atoms with Crippen molar-refractivity contribution in [2.75, 3.05) is 0 Å². The van der Waals surface area contributed by atoms with E-state index in [-0.39, 0.29) is 16.5 Å². The summed E-state index contributed by atoms with van der Waals surface area (Å²) in [5.74, 6) is 0.139. The Kier molecular flexibility index (Phi) is 4.88. The summed E-state index contributed by atoms with van der Waals surface area (Å²) in [6.45, 7) is 3.64. The number of aryl methyl sites for hydroxylation is 2. The summed E-state index contributed by atoms with van der Waals surface area (Å²) in [6.07, 6.45) is 8.15. The topological polar surface area (TPSA) is 106 Å². The van der Waals surface area contributed by atoms with Crippen LogP contribution >= 0.6 is 0 Å². The van der Waals surface area contributed by atoms with Crippen molar-refractivity contribution in [1.82, 2.24) is 9.97 Å². The number of primary amides is 1. The van der Waals surface area contributed by atoms with Crippen molar-refractivity contribution in [3.63, 3.8) is 0 Å². The molecule has 3 aliphatic rings. The molecule has 5 rings (SSSR count). The number of fused-ring (bicyclic) bond motifs is 2. The van der Waals surface area contributed by atoms with E-state index in [0.717, 1.165) is 42.9 Å². The number of carbonyl (C=O) groups excluding carboxylic acids is 1. The van der Waals surface area contributed by atoms with Crippen LogP contribution < -0.4 is 5.73 Å². The molecule has 4 atom stereocenters. The van der Waals surface area contributed by atoms with Crippen molar-refractivity contribution in [2.24, 2.45) is 23.0 Å². The van der Waals surface area contributed by atoms with Gasteiger partial charge in [0.15, 0.2) is 0 Å². The van der Waals surface area contributed by atoms with Gasteiger partial charge in [0.05, 0.1) is 23.5 Å². The fourth-order valence-corrected chi connectivity index (χ4v) is 7.42. The van der Waals surface area contributed by atoms with E-state index in [4.69, 9.17) is 5.73 Å². The van der Waals surface area contributed by atoms with Crippen molar-refractivity contribution in [3.8, 4) is 11.3 Å². The Morgan fingerprint density at radius 2 is 1.78 bits per heavy atom. The lowest BCUT2D eigenvalue weighted by molar-refractivity contribution is -0.141. The van der Waals surface area contributed by atoms with Gasteiger partial charge in [-0.25, -0.2) is 4.98 Å². The summed E-state index contributed by atoms with van der Waals surface area (Å²) >= 11 is 0. The van der Waals surface area contributed by atoms with E-state index in [1.807, 2.05) is 6.92 Å². The average Bonchev–Trinajstić information content (AvgIpc) is 2.91. The first-order chi connectivity index (χ1) is 15.2. The number of benzene rings is 1. The minimum Gasteiger partial charge on any atom is -0.481 e. The third-order valence-corrected chi connectivity index (χ3v) is 8.44. The molecule has 0 saturated heterocycles. The first kappa shape index (κ1) is 21.1. The molecule has 3 fully saturated rings. The molecule has 2 aromatic rings. The van der Waals surface area contributed by atoms with Crippen molar-refractivity contribution in [3.05, 3.63) is 46.9 Å². The first-order valence-electron chi connectivity index (χ1n) is 11.7. The number of nitrogens with two attached hydrogens (primary N) is 1. The highest BCUT2D eigenvalue weighted by molar-refractivity contribution is 5.92. The molecule has 32 heavy (non-hydrogen) atoms. The molecule has 0 spiro atoms. The number of nitrogens with zero attached hydrogens (tertiary/aromatic N) is 2. The Morgan fingerprint density at radius 3 is 2.47 bits per heavy atom. The van der Waals surface area contributed by atoms with E-state index >= 15 is 0 Å². The normalized spacial score (nSPS) is 30.8. The minimum absolute atomic E-state index is 0.0614. The van der Waals surface area contributed by atoms with Crippen LogP contribution in [0.15, 0.2) is 24.3 Å². The number of rotatable bonds is 5. The maximum atomic E-state index is 11.7. The van der Waals surface area contributed by atoms with Crippen LogP contribution in [0, 0.1) is 31.1 Å². The second-order valence-electron chi connectivity index (χ2n) is 10.6. The second-order valence-corrected chi connectivity index (χ2v) is 10.6. The number of aromatic nitrogens is 2. The van der Waals surface area contributed by atoms with E-state index in [0.29, 0.717) is 23.7 Å². The van der Waals surface area contributed by atoms with Crippen LogP contribution in [0.25, 0.3) is 11.3 Å².